The number of barbiturate groups is 1. The molecule has 1 aliphatic carbocycles. The van der Waals surface area contributed by atoms with Gasteiger partial charge in [-0.1, -0.05) is 18.9 Å². The molecular formula is C14H13IN2O3. The van der Waals surface area contributed by atoms with Crippen LogP contribution in [0.3, 0.4) is 0 Å². The Hall–Kier alpha value is -1.44. The molecule has 104 valence electrons. The first kappa shape index (κ1) is 13.5. The molecule has 1 saturated heterocycles. The van der Waals surface area contributed by atoms with Gasteiger partial charge in [0.25, 0.3) is 5.91 Å². The van der Waals surface area contributed by atoms with E-state index in [0.29, 0.717) is 18.5 Å². The Morgan fingerprint density at radius 2 is 1.85 bits per heavy atom. The zero-order valence-corrected chi connectivity index (χ0v) is 12.8. The summed E-state index contributed by atoms with van der Waals surface area (Å²) in [6, 6.07) is 6.48. The molecule has 2 fully saturated rings. The number of benzene rings is 1. The van der Waals surface area contributed by atoms with Gasteiger partial charge in [0.05, 0.1) is 5.69 Å². The van der Waals surface area contributed by atoms with Crippen LogP contribution in [0.15, 0.2) is 24.3 Å². The van der Waals surface area contributed by atoms with E-state index >= 15 is 0 Å². The van der Waals surface area contributed by atoms with Crippen molar-refractivity contribution in [3.8, 4) is 0 Å². The Balaban J connectivity index is 2.04. The number of halogens is 1. The molecule has 1 heterocycles. The quantitative estimate of drug-likeness (QED) is 0.598. The summed E-state index contributed by atoms with van der Waals surface area (Å²) in [7, 11) is 0. The molecule has 0 radical (unpaired) electrons. The maximum Gasteiger partial charge on any atom is 0.335 e. The summed E-state index contributed by atoms with van der Waals surface area (Å²) in [5, 5.41) is 2.34. The number of imide groups is 2. The molecule has 1 spiro atoms. The molecule has 3 rings (SSSR count). The fraction of sp³-hybridized carbons (Fsp3) is 0.357. The third kappa shape index (κ3) is 1.93. The highest BCUT2D eigenvalue weighted by atomic mass is 127. The lowest BCUT2D eigenvalue weighted by atomic mass is 9.82. The van der Waals surface area contributed by atoms with Gasteiger partial charge >= 0.3 is 6.03 Å². The highest BCUT2D eigenvalue weighted by Gasteiger charge is 2.55. The fourth-order valence-electron chi connectivity index (χ4n) is 2.95. The summed E-state index contributed by atoms with van der Waals surface area (Å²) >= 11 is 2.12. The number of nitrogens with one attached hydrogen (secondary N) is 1. The first-order chi connectivity index (χ1) is 9.54. The minimum absolute atomic E-state index is 0.384. The Labute approximate surface area is 129 Å². The molecule has 1 aromatic carbocycles. The van der Waals surface area contributed by atoms with Crippen molar-refractivity contribution >= 4 is 46.1 Å². The van der Waals surface area contributed by atoms with E-state index in [1.165, 1.54) is 0 Å². The average Bonchev–Trinajstić information content (AvgIpc) is 2.87. The first-order valence-corrected chi connectivity index (χ1v) is 7.58. The number of hydrogen-bond donors (Lipinski definition) is 1. The second kappa shape index (κ2) is 4.83. The fourth-order valence-corrected chi connectivity index (χ4v) is 3.47. The van der Waals surface area contributed by atoms with E-state index in [0.717, 1.165) is 21.3 Å². The van der Waals surface area contributed by atoms with Gasteiger partial charge in [-0.05, 0) is 53.6 Å². The van der Waals surface area contributed by atoms with Crippen LogP contribution in [0.2, 0.25) is 0 Å². The molecule has 0 bridgehead atoms. The SMILES string of the molecule is O=C1NC(=O)C2(CCCC2)C(=O)N1c1cccc(I)c1. The van der Waals surface area contributed by atoms with E-state index in [4.69, 9.17) is 0 Å². The van der Waals surface area contributed by atoms with Gasteiger partial charge in [-0.2, -0.15) is 0 Å². The lowest BCUT2D eigenvalue weighted by molar-refractivity contribution is -0.142. The van der Waals surface area contributed by atoms with Gasteiger partial charge in [0.15, 0.2) is 0 Å². The predicted octanol–water partition coefficient (Wildman–Crippen LogP) is 2.43. The van der Waals surface area contributed by atoms with E-state index < -0.39 is 17.4 Å². The molecule has 5 nitrogen and oxygen atoms in total. The minimum atomic E-state index is -1.05. The van der Waals surface area contributed by atoms with Crippen LogP contribution in [0.25, 0.3) is 0 Å². The van der Waals surface area contributed by atoms with E-state index in [9.17, 15) is 14.4 Å². The van der Waals surface area contributed by atoms with Crippen LogP contribution in [0.1, 0.15) is 25.7 Å². The molecule has 4 amide bonds. The molecular weight excluding hydrogens is 371 g/mol. The molecule has 2 aliphatic rings. The molecule has 1 aliphatic heterocycles. The van der Waals surface area contributed by atoms with Gasteiger partial charge in [0, 0.05) is 3.57 Å². The van der Waals surface area contributed by atoms with E-state index in [1.54, 1.807) is 18.2 Å². The molecule has 1 aromatic rings. The van der Waals surface area contributed by atoms with Crippen LogP contribution in [0.5, 0.6) is 0 Å². The number of nitrogens with zero attached hydrogens (tertiary/aromatic N) is 1. The Kier molecular flexibility index (Phi) is 3.27. The number of carbonyl (C=O) groups excluding carboxylic acids is 3. The summed E-state index contributed by atoms with van der Waals surface area (Å²) in [5.41, 5.74) is -0.534. The molecule has 1 saturated carbocycles. The van der Waals surface area contributed by atoms with Crippen molar-refractivity contribution in [2.75, 3.05) is 4.90 Å². The van der Waals surface area contributed by atoms with Crippen molar-refractivity contribution in [3.63, 3.8) is 0 Å². The number of amides is 4. The normalized spacial score (nSPS) is 21.4. The maximum atomic E-state index is 12.7. The maximum absolute atomic E-state index is 12.7. The standard InChI is InChI=1S/C14H13IN2O3/c15-9-4-3-5-10(8-9)17-12(19)14(6-1-2-7-14)11(18)16-13(17)20/h3-5,8H,1-2,6-7H2,(H,16,18,20). The van der Waals surface area contributed by atoms with Crippen molar-refractivity contribution in [1.29, 1.82) is 0 Å². The molecule has 0 aromatic heterocycles. The van der Waals surface area contributed by atoms with Gasteiger partial charge < -0.3 is 0 Å². The van der Waals surface area contributed by atoms with Gasteiger partial charge in [0.2, 0.25) is 5.91 Å². The van der Waals surface area contributed by atoms with Crippen molar-refractivity contribution in [3.05, 3.63) is 27.8 Å². The van der Waals surface area contributed by atoms with E-state index in [-0.39, 0.29) is 5.91 Å². The van der Waals surface area contributed by atoms with Crippen LogP contribution in [-0.2, 0) is 9.59 Å². The zero-order valence-electron chi connectivity index (χ0n) is 10.7. The monoisotopic (exact) mass is 384 g/mol. The van der Waals surface area contributed by atoms with Crippen molar-refractivity contribution in [2.45, 2.75) is 25.7 Å². The number of carbonyl (C=O) groups is 3. The van der Waals surface area contributed by atoms with Crippen LogP contribution in [0, 0.1) is 8.99 Å². The number of hydrogen-bond acceptors (Lipinski definition) is 3. The van der Waals surface area contributed by atoms with Crippen molar-refractivity contribution in [2.24, 2.45) is 5.41 Å². The molecule has 6 heteroatoms. The van der Waals surface area contributed by atoms with Gasteiger partial charge in [-0.25, -0.2) is 9.69 Å². The number of rotatable bonds is 1. The third-order valence-electron chi connectivity index (χ3n) is 3.99. The Morgan fingerprint density at radius 1 is 1.15 bits per heavy atom. The minimum Gasteiger partial charge on any atom is -0.276 e. The van der Waals surface area contributed by atoms with Crippen molar-refractivity contribution < 1.29 is 14.4 Å². The van der Waals surface area contributed by atoms with Gasteiger partial charge in [-0.15, -0.1) is 0 Å². The van der Waals surface area contributed by atoms with E-state index in [1.807, 2.05) is 6.07 Å². The second-order valence-corrected chi connectivity index (χ2v) is 6.41. The van der Waals surface area contributed by atoms with Crippen LogP contribution in [0.4, 0.5) is 10.5 Å². The Morgan fingerprint density at radius 3 is 2.50 bits per heavy atom. The van der Waals surface area contributed by atoms with Crippen LogP contribution >= 0.6 is 22.6 Å². The predicted molar refractivity (Wildman–Crippen MR) is 81.1 cm³/mol. The molecule has 1 N–H and O–H groups in total. The lowest BCUT2D eigenvalue weighted by Crippen LogP contribution is -2.63. The molecule has 0 unspecified atom stereocenters. The van der Waals surface area contributed by atoms with Crippen LogP contribution in [-0.4, -0.2) is 17.8 Å². The van der Waals surface area contributed by atoms with Crippen molar-refractivity contribution in [1.82, 2.24) is 5.32 Å². The third-order valence-corrected chi connectivity index (χ3v) is 4.67. The van der Waals surface area contributed by atoms with Crippen LogP contribution < -0.4 is 10.2 Å². The zero-order chi connectivity index (χ0) is 14.3. The Bertz CT molecular complexity index is 608. The molecule has 20 heavy (non-hydrogen) atoms. The van der Waals surface area contributed by atoms with Gasteiger partial charge in [0.1, 0.15) is 5.41 Å². The number of anilines is 1. The first-order valence-electron chi connectivity index (χ1n) is 6.50. The van der Waals surface area contributed by atoms with Gasteiger partial charge in [-0.3, -0.25) is 14.9 Å². The average molecular weight is 384 g/mol. The second-order valence-electron chi connectivity index (χ2n) is 5.17. The number of urea groups is 1. The lowest BCUT2D eigenvalue weighted by Gasteiger charge is -2.36. The summed E-state index contributed by atoms with van der Waals surface area (Å²) < 4.78 is 0.929. The highest BCUT2D eigenvalue weighted by Crippen LogP contribution is 2.42. The topological polar surface area (TPSA) is 66.5 Å². The highest BCUT2D eigenvalue weighted by molar-refractivity contribution is 14.1. The summed E-state index contributed by atoms with van der Waals surface area (Å²) in [5.74, 6) is -0.822. The summed E-state index contributed by atoms with van der Waals surface area (Å²) in [4.78, 5) is 38.0. The largest absolute Gasteiger partial charge is 0.335 e. The van der Waals surface area contributed by atoms with E-state index in [2.05, 4.69) is 27.9 Å². The molecule has 0 atom stereocenters. The summed E-state index contributed by atoms with van der Waals surface area (Å²) in [6.45, 7) is 0. The summed E-state index contributed by atoms with van der Waals surface area (Å²) in [6.07, 6.45) is 2.72. The smallest absolute Gasteiger partial charge is 0.276 e.